The van der Waals surface area contributed by atoms with Crippen LogP contribution in [0.15, 0.2) is 30.3 Å². The van der Waals surface area contributed by atoms with Crippen LogP contribution < -0.4 is 14.4 Å². The highest BCUT2D eigenvalue weighted by molar-refractivity contribution is 7.22. The molecule has 0 fully saturated rings. The van der Waals surface area contributed by atoms with E-state index < -0.39 is 23.1 Å². The molecule has 1 amide bonds. The molecule has 0 bridgehead atoms. The van der Waals surface area contributed by atoms with Gasteiger partial charge in [-0.15, -0.1) is 0 Å². The van der Waals surface area contributed by atoms with Gasteiger partial charge in [-0.3, -0.25) is 9.69 Å². The first-order valence-corrected chi connectivity index (χ1v) is 9.60. The molecule has 0 aliphatic rings. The number of ether oxygens (including phenoxy) is 2. The fraction of sp³-hybridized carbons (Fsp3) is 0.300. The van der Waals surface area contributed by atoms with Crippen molar-refractivity contribution in [2.45, 2.75) is 0 Å². The lowest BCUT2D eigenvalue weighted by Gasteiger charge is -2.22. The van der Waals surface area contributed by atoms with E-state index in [0.717, 1.165) is 16.8 Å². The quantitative estimate of drug-likeness (QED) is 0.581. The first-order valence-electron chi connectivity index (χ1n) is 8.79. The second-order valence-corrected chi connectivity index (χ2v) is 7.54. The highest BCUT2D eigenvalue weighted by atomic mass is 32.1. The largest absolute Gasteiger partial charge is 0.493 e. The number of amides is 1. The van der Waals surface area contributed by atoms with Crippen LogP contribution in [0.4, 0.5) is 13.9 Å². The van der Waals surface area contributed by atoms with Gasteiger partial charge in [0.25, 0.3) is 5.91 Å². The van der Waals surface area contributed by atoms with E-state index in [0.29, 0.717) is 28.7 Å². The zero-order chi connectivity index (χ0) is 21.1. The van der Waals surface area contributed by atoms with Crippen LogP contribution in [0.1, 0.15) is 10.4 Å². The van der Waals surface area contributed by atoms with E-state index in [2.05, 4.69) is 4.98 Å². The lowest BCUT2D eigenvalue weighted by molar-refractivity contribution is 0.0977. The number of carbonyl (C=O) groups excluding carboxylic acids is 1. The molecule has 1 aromatic heterocycles. The Balaban J connectivity index is 2.08. The minimum absolute atomic E-state index is 0.216. The standard InChI is InChI=1S/C20H21F2N3O3S/c1-24(2)8-9-25(19(26)18-12(21)6-5-7-13(18)22)20-23-14-10-15(27-3)16(28-4)11-17(14)29-20/h5-7,10-11H,8-9H2,1-4H3. The molecule has 0 saturated heterocycles. The minimum Gasteiger partial charge on any atom is -0.493 e. The Morgan fingerprint density at radius 3 is 2.28 bits per heavy atom. The molecule has 3 aromatic rings. The number of anilines is 1. The van der Waals surface area contributed by atoms with Gasteiger partial charge in [-0.1, -0.05) is 17.4 Å². The van der Waals surface area contributed by atoms with Gasteiger partial charge in [0.1, 0.15) is 17.2 Å². The second kappa shape index (κ2) is 8.71. The summed E-state index contributed by atoms with van der Waals surface area (Å²) in [5.41, 5.74) is -0.0000167. The van der Waals surface area contributed by atoms with Crippen LogP contribution in [-0.4, -0.2) is 57.2 Å². The first kappa shape index (κ1) is 20.9. The number of methoxy groups -OCH3 is 2. The van der Waals surface area contributed by atoms with Crippen molar-refractivity contribution in [1.29, 1.82) is 0 Å². The topological polar surface area (TPSA) is 54.9 Å². The van der Waals surface area contributed by atoms with Gasteiger partial charge in [0, 0.05) is 25.2 Å². The summed E-state index contributed by atoms with van der Waals surface area (Å²) in [4.78, 5) is 20.7. The van der Waals surface area contributed by atoms with E-state index in [1.54, 1.807) is 12.1 Å². The average molecular weight is 421 g/mol. The number of hydrogen-bond acceptors (Lipinski definition) is 6. The number of fused-ring (bicyclic) bond motifs is 1. The molecule has 0 unspecified atom stereocenters. The lowest BCUT2D eigenvalue weighted by Crippen LogP contribution is -2.37. The van der Waals surface area contributed by atoms with Crippen molar-refractivity contribution in [1.82, 2.24) is 9.88 Å². The summed E-state index contributed by atoms with van der Waals surface area (Å²) in [6.07, 6.45) is 0. The van der Waals surface area contributed by atoms with Crippen molar-refractivity contribution >= 4 is 32.6 Å². The van der Waals surface area contributed by atoms with Crippen molar-refractivity contribution < 1.29 is 23.0 Å². The molecule has 0 spiro atoms. The first-order chi connectivity index (χ1) is 13.8. The molecule has 0 N–H and O–H groups in total. The smallest absolute Gasteiger partial charge is 0.266 e. The van der Waals surface area contributed by atoms with Crippen LogP contribution in [0.3, 0.4) is 0 Å². The number of thiazole rings is 1. The highest BCUT2D eigenvalue weighted by Crippen LogP contribution is 2.37. The summed E-state index contributed by atoms with van der Waals surface area (Å²) < 4.78 is 39.8. The van der Waals surface area contributed by atoms with Gasteiger partial charge in [-0.05, 0) is 26.2 Å². The third-order valence-corrected chi connectivity index (χ3v) is 5.35. The average Bonchev–Trinajstić information content (AvgIpc) is 3.09. The molecule has 0 aliphatic carbocycles. The van der Waals surface area contributed by atoms with Crippen molar-refractivity contribution in [2.24, 2.45) is 0 Å². The fourth-order valence-corrected chi connectivity index (χ4v) is 3.78. The Bertz CT molecular complexity index is 978. The van der Waals surface area contributed by atoms with Gasteiger partial charge in [-0.2, -0.15) is 0 Å². The molecule has 0 radical (unpaired) electrons. The lowest BCUT2D eigenvalue weighted by atomic mass is 10.1. The van der Waals surface area contributed by atoms with E-state index in [1.165, 1.54) is 36.5 Å². The van der Waals surface area contributed by atoms with E-state index in [4.69, 9.17) is 9.47 Å². The highest BCUT2D eigenvalue weighted by Gasteiger charge is 2.27. The van der Waals surface area contributed by atoms with Crippen LogP contribution in [0.5, 0.6) is 11.5 Å². The molecule has 0 atom stereocenters. The number of likely N-dealkylation sites (N-methyl/N-ethyl adjacent to an activating group) is 1. The van der Waals surface area contributed by atoms with E-state index in [9.17, 15) is 13.6 Å². The number of rotatable bonds is 7. The molecule has 2 aromatic carbocycles. The summed E-state index contributed by atoms with van der Waals surface area (Å²) in [6, 6.07) is 6.81. The van der Waals surface area contributed by atoms with Gasteiger partial charge in [0.15, 0.2) is 16.6 Å². The van der Waals surface area contributed by atoms with E-state index >= 15 is 0 Å². The molecule has 1 heterocycles. The zero-order valence-corrected chi connectivity index (χ0v) is 17.3. The predicted molar refractivity (Wildman–Crippen MR) is 109 cm³/mol. The molecule has 3 rings (SSSR count). The number of carbonyl (C=O) groups is 1. The Hall–Kier alpha value is -2.78. The van der Waals surface area contributed by atoms with Crippen LogP contribution in [-0.2, 0) is 0 Å². The van der Waals surface area contributed by atoms with Gasteiger partial charge >= 0.3 is 0 Å². The van der Waals surface area contributed by atoms with Crippen LogP contribution in [0, 0.1) is 11.6 Å². The van der Waals surface area contributed by atoms with Crippen molar-refractivity contribution in [3.63, 3.8) is 0 Å². The number of hydrogen-bond donors (Lipinski definition) is 0. The van der Waals surface area contributed by atoms with Crippen molar-refractivity contribution in [3.8, 4) is 11.5 Å². The van der Waals surface area contributed by atoms with E-state index in [-0.39, 0.29) is 6.54 Å². The zero-order valence-electron chi connectivity index (χ0n) is 16.5. The second-order valence-electron chi connectivity index (χ2n) is 6.53. The van der Waals surface area contributed by atoms with E-state index in [1.807, 2.05) is 19.0 Å². The Labute approximate surface area is 171 Å². The minimum atomic E-state index is -0.908. The number of nitrogens with zero attached hydrogens (tertiary/aromatic N) is 3. The maximum Gasteiger partial charge on any atom is 0.266 e. The molecule has 9 heteroatoms. The number of halogens is 2. The summed E-state index contributed by atoms with van der Waals surface area (Å²) in [6.45, 7) is 0.706. The normalized spacial score (nSPS) is 11.1. The molecular weight excluding hydrogens is 400 g/mol. The summed E-state index contributed by atoms with van der Waals surface area (Å²) in [5, 5.41) is 0.338. The fourth-order valence-electron chi connectivity index (χ4n) is 2.78. The van der Waals surface area contributed by atoms with Gasteiger partial charge in [-0.25, -0.2) is 13.8 Å². The Morgan fingerprint density at radius 1 is 1.07 bits per heavy atom. The molecule has 0 aliphatic heterocycles. The van der Waals surface area contributed by atoms with Gasteiger partial charge in [0.2, 0.25) is 0 Å². The van der Waals surface area contributed by atoms with Crippen LogP contribution in [0.2, 0.25) is 0 Å². The van der Waals surface area contributed by atoms with Gasteiger partial charge < -0.3 is 14.4 Å². The summed E-state index contributed by atoms with van der Waals surface area (Å²) >= 11 is 1.24. The number of benzene rings is 2. The summed E-state index contributed by atoms with van der Waals surface area (Å²) in [5.74, 6) is -1.56. The monoisotopic (exact) mass is 421 g/mol. The molecular formula is C20H21F2N3O3S. The Morgan fingerprint density at radius 2 is 1.69 bits per heavy atom. The maximum atomic E-state index is 14.2. The third kappa shape index (κ3) is 4.30. The molecule has 6 nitrogen and oxygen atoms in total. The van der Waals surface area contributed by atoms with Crippen molar-refractivity contribution in [2.75, 3.05) is 46.3 Å². The maximum absolute atomic E-state index is 14.2. The summed E-state index contributed by atoms with van der Waals surface area (Å²) in [7, 11) is 6.74. The predicted octanol–water partition coefficient (Wildman–Crippen LogP) is 3.80. The van der Waals surface area contributed by atoms with Crippen LogP contribution in [0.25, 0.3) is 10.2 Å². The van der Waals surface area contributed by atoms with Crippen molar-refractivity contribution in [3.05, 3.63) is 47.5 Å². The van der Waals surface area contributed by atoms with Crippen LogP contribution >= 0.6 is 11.3 Å². The SMILES string of the molecule is COc1cc2nc(N(CCN(C)C)C(=O)c3c(F)cccc3F)sc2cc1OC. The van der Waals surface area contributed by atoms with Gasteiger partial charge in [0.05, 0.1) is 24.4 Å². The molecule has 0 saturated carbocycles. The molecule has 154 valence electrons. The molecule has 29 heavy (non-hydrogen) atoms. The Kier molecular flexibility index (Phi) is 6.29. The third-order valence-electron chi connectivity index (χ3n) is 4.31. The number of aromatic nitrogens is 1.